The quantitative estimate of drug-likeness (QED) is 0.160. The molecule has 16 nitrogen and oxygen atoms in total. The van der Waals surface area contributed by atoms with Gasteiger partial charge < -0.3 is 4.74 Å². The van der Waals surface area contributed by atoms with Gasteiger partial charge in [-0.05, 0) is 117 Å². The summed E-state index contributed by atoms with van der Waals surface area (Å²) in [5.74, 6) is -2.25. The molecule has 64 heavy (non-hydrogen) atoms. The van der Waals surface area contributed by atoms with E-state index in [2.05, 4.69) is 25.0 Å². The largest absolute Gasteiger partial charge is 0.453 e. The van der Waals surface area contributed by atoms with Crippen molar-refractivity contribution in [3.8, 4) is 17.6 Å². The molecule has 4 aliphatic rings. The second kappa shape index (κ2) is 16.5. The second-order valence-corrected chi connectivity index (χ2v) is 19.2. The number of amides is 3. The summed E-state index contributed by atoms with van der Waals surface area (Å²) in [5.41, 5.74) is 0.604. The lowest BCUT2D eigenvalue weighted by molar-refractivity contribution is -0.120. The van der Waals surface area contributed by atoms with Crippen molar-refractivity contribution >= 4 is 55.5 Å². The van der Waals surface area contributed by atoms with Crippen molar-refractivity contribution in [3.05, 3.63) is 81.9 Å². The van der Waals surface area contributed by atoms with Gasteiger partial charge in [0.25, 0.3) is 5.56 Å². The molecule has 3 atom stereocenters. The molecule has 2 unspecified atom stereocenters. The Morgan fingerprint density at radius 2 is 1.80 bits per heavy atom. The Morgan fingerprint density at radius 3 is 2.50 bits per heavy atom. The van der Waals surface area contributed by atoms with Crippen LogP contribution in [0.2, 0.25) is 0 Å². The molecule has 2 N–H and O–H groups in total. The van der Waals surface area contributed by atoms with Crippen LogP contribution < -0.4 is 25.2 Å². The highest BCUT2D eigenvalue weighted by atomic mass is 32.2. The third-order valence-corrected chi connectivity index (χ3v) is 15.3. The number of fused-ring (bicyclic) bond motifs is 2. The highest BCUT2D eigenvalue weighted by Gasteiger charge is 2.48. The van der Waals surface area contributed by atoms with Crippen LogP contribution in [0.3, 0.4) is 0 Å². The molecular formula is C44H47F3N10O6S. The van der Waals surface area contributed by atoms with Gasteiger partial charge in [-0.15, -0.1) is 0 Å². The zero-order valence-electron chi connectivity index (χ0n) is 35.5. The van der Waals surface area contributed by atoms with Gasteiger partial charge in [-0.2, -0.15) is 23.1 Å². The maximum absolute atomic E-state index is 16.1. The molecule has 2 saturated carbocycles. The third kappa shape index (κ3) is 7.72. The number of benzene rings is 3. The minimum absolute atomic E-state index is 0.00186. The van der Waals surface area contributed by atoms with E-state index >= 15 is 13.2 Å². The Morgan fingerprint density at radius 1 is 1.03 bits per heavy atom. The molecule has 2 aromatic heterocycles. The van der Waals surface area contributed by atoms with Crippen molar-refractivity contribution in [2.75, 3.05) is 42.8 Å². The van der Waals surface area contributed by atoms with Crippen LogP contribution in [-0.2, 0) is 22.1 Å². The predicted molar refractivity (Wildman–Crippen MR) is 231 cm³/mol. The summed E-state index contributed by atoms with van der Waals surface area (Å²) in [4.78, 5) is 46.2. The van der Waals surface area contributed by atoms with Crippen molar-refractivity contribution in [2.45, 2.75) is 82.5 Å². The third-order valence-electron chi connectivity index (χ3n) is 13.8. The fourth-order valence-electron chi connectivity index (χ4n) is 10.0. The molecule has 0 bridgehead atoms. The van der Waals surface area contributed by atoms with Crippen molar-refractivity contribution < 1.29 is 35.9 Å². The van der Waals surface area contributed by atoms with E-state index in [4.69, 9.17) is 4.74 Å². The number of imide groups is 1. The number of aromatic nitrogens is 4. The number of urea groups is 1. The zero-order chi connectivity index (χ0) is 45.2. The lowest BCUT2D eigenvalue weighted by Crippen LogP contribution is -2.54. The number of likely N-dealkylation sites (tertiary alicyclic amines) is 1. The van der Waals surface area contributed by atoms with E-state index in [1.807, 2.05) is 6.07 Å². The maximum Gasteiger partial charge on any atom is 0.329 e. The average Bonchev–Trinajstić information content (AvgIpc) is 3.57. The van der Waals surface area contributed by atoms with Crippen LogP contribution in [0.1, 0.15) is 81.4 Å². The van der Waals surface area contributed by atoms with Crippen LogP contribution in [0.15, 0.2) is 53.6 Å². The lowest BCUT2D eigenvalue weighted by Gasteiger charge is -2.54. The average molecular weight is 901 g/mol. The van der Waals surface area contributed by atoms with Gasteiger partial charge in [-0.3, -0.25) is 38.7 Å². The van der Waals surface area contributed by atoms with E-state index in [1.54, 1.807) is 35.4 Å². The minimum atomic E-state index is -4.03. The summed E-state index contributed by atoms with van der Waals surface area (Å²) in [7, 11) is -0.966. The standard InChI is InChI=1S/C44H47F3N10O6S/c1-4-53(2)64(61,62)52-36-9-7-32(45)40(31(36)23-48)63-27-6-8-35-29(18-27)42(59)57(24-49-35)26-21-44(22-26)12-15-55(16-13-44)37-10-5-25(17-34(37)47)28-20-38-30(19-33(28)46)41(51-54(38)3)56-14-11-39(58)50-43(56)60/h6-9,18-20,24-26,34,37,52H,4-5,10-17,21-22H2,1-3H3,(H,50,58,60)/t25?,34-,37?/m0/s1. The number of carbonyl (C=O) groups excluding carboxylic acids is 2. The lowest BCUT2D eigenvalue weighted by atomic mass is 9.60. The van der Waals surface area contributed by atoms with Crippen LogP contribution >= 0.6 is 0 Å². The van der Waals surface area contributed by atoms with E-state index in [1.165, 1.54) is 36.5 Å². The number of carbonyl (C=O) groups is 2. The monoisotopic (exact) mass is 900 g/mol. The first-order valence-electron chi connectivity index (χ1n) is 21.4. The van der Waals surface area contributed by atoms with Crippen LogP contribution in [0.5, 0.6) is 11.5 Å². The number of rotatable bonds is 10. The molecule has 2 saturated heterocycles. The predicted octanol–water partition coefficient (Wildman–Crippen LogP) is 6.37. The molecule has 1 spiro atoms. The number of ether oxygens (including phenoxy) is 1. The molecule has 5 aromatic rings. The van der Waals surface area contributed by atoms with Gasteiger partial charge in [-0.25, -0.2) is 22.9 Å². The van der Waals surface area contributed by atoms with Gasteiger partial charge in [-0.1, -0.05) is 6.92 Å². The van der Waals surface area contributed by atoms with Gasteiger partial charge in [0.1, 0.15) is 29.4 Å². The number of aryl methyl sites for hydroxylation is 1. The summed E-state index contributed by atoms with van der Waals surface area (Å²) in [6, 6.07) is 10.5. The fourth-order valence-corrected chi connectivity index (χ4v) is 11.0. The van der Waals surface area contributed by atoms with Crippen LogP contribution in [0.25, 0.3) is 21.8 Å². The van der Waals surface area contributed by atoms with Crippen LogP contribution in [0.4, 0.5) is 29.5 Å². The first-order valence-corrected chi connectivity index (χ1v) is 22.8. The SMILES string of the molecule is CCN(C)S(=O)(=O)Nc1ccc(F)c(Oc2ccc3ncn(C4CC5(CCN(C6CCC(c7cc8c(cc7F)c(N7CCC(=O)NC7=O)nn8C)C[C@@H]6F)CC5)C4)c(=O)c3c2)c1C#N. The van der Waals surface area contributed by atoms with E-state index in [0.717, 1.165) is 42.1 Å². The van der Waals surface area contributed by atoms with Gasteiger partial charge in [0.15, 0.2) is 17.4 Å². The number of nitriles is 1. The summed E-state index contributed by atoms with van der Waals surface area (Å²) in [5, 5.41) is 17.3. The number of nitrogens with one attached hydrogen (secondary N) is 2. The van der Waals surface area contributed by atoms with E-state index in [9.17, 15) is 28.1 Å². The number of nitrogens with zero attached hydrogens (tertiary/aromatic N) is 8. The summed E-state index contributed by atoms with van der Waals surface area (Å²) < 4.78 is 84.7. The Bertz CT molecular complexity index is 2920. The molecule has 20 heteroatoms. The number of hydrogen-bond donors (Lipinski definition) is 2. The highest BCUT2D eigenvalue weighted by Crippen LogP contribution is 2.55. The van der Waals surface area contributed by atoms with Crippen LogP contribution in [0, 0.1) is 28.4 Å². The first kappa shape index (κ1) is 43.2. The van der Waals surface area contributed by atoms with Crippen molar-refractivity contribution in [1.82, 2.24) is 33.9 Å². The molecule has 9 rings (SSSR count). The van der Waals surface area contributed by atoms with E-state index < -0.39 is 39.8 Å². The Kier molecular flexibility index (Phi) is 11.1. The summed E-state index contributed by atoms with van der Waals surface area (Å²) >= 11 is 0. The number of anilines is 2. The molecule has 2 aliphatic carbocycles. The summed E-state index contributed by atoms with van der Waals surface area (Å²) in [6.07, 6.45) is 5.05. The molecule has 0 radical (unpaired) electrons. The Labute approximate surface area is 366 Å². The van der Waals surface area contributed by atoms with Gasteiger partial charge in [0.2, 0.25) is 5.91 Å². The second-order valence-electron chi connectivity index (χ2n) is 17.5. The first-order chi connectivity index (χ1) is 30.6. The Hall–Kier alpha value is -6.04. The smallest absolute Gasteiger partial charge is 0.329 e. The van der Waals surface area contributed by atoms with E-state index in [-0.39, 0.29) is 89.0 Å². The molecule has 336 valence electrons. The summed E-state index contributed by atoms with van der Waals surface area (Å²) in [6.45, 7) is 3.35. The fraction of sp³-hybridized carbons (Fsp3) is 0.455. The molecule has 2 aliphatic heterocycles. The normalized spacial score (nSPS) is 21.9. The zero-order valence-corrected chi connectivity index (χ0v) is 36.3. The molecular weight excluding hydrogens is 854 g/mol. The minimum Gasteiger partial charge on any atom is -0.453 e. The topological polar surface area (TPSA) is 188 Å². The van der Waals surface area contributed by atoms with Gasteiger partial charge in [0.05, 0.1) is 28.4 Å². The van der Waals surface area contributed by atoms with Crippen LogP contribution in [-0.4, -0.2) is 94.3 Å². The number of hydrogen-bond acceptors (Lipinski definition) is 10. The number of halogens is 3. The number of alkyl halides is 1. The molecule has 3 amide bonds. The highest BCUT2D eigenvalue weighted by molar-refractivity contribution is 7.90. The van der Waals surface area contributed by atoms with Crippen molar-refractivity contribution in [1.29, 1.82) is 5.26 Å². The van der Waals surface area contributed by atoms with Crippen molar-refractivity contribution in [2.24, 2.45) is 12.5 Å². The van der Waals surface area contributed by atoms with Gasteiger partial charge >= 0.3 is 16.2 Å². The molecule has 4 fully saturated rings. The Balaban J connectivity index is 0.831. The molecule has 4 heterocycles. The van der Waals surface area contributed by atoms with E-state index in [0.29, 0.717) is 47.9 Å². The number of piperidine rings is 1. The molecule has 3 aromatic carbocycles. The van der Waals surface area contributed by atoms with Gasteiger partial charge in [0, 0.05) is 51.1 Å². The van der Waals surface area contributed by atoms with Crippen molar-refractivity contribution in [3.63, 3.8) is 0 Å². The maximum atomic E-state index is 16.1.